The van der Waals surface area contributed by atoms with Gasteiger partial charge in [-0.3, -0.25) is 4.79 Å². The minimum Gasteiger partial charge on any atom is -0.353 e. The van der Waals surface area contributed by atoms with E-state index in [1.54, 1.807) is 0 Å². The van der Waals surface area contributed by atoms with E-state index in [1.807, 2.05) is 6.92 Å². The van der Waals surface area contributed by atoms with Crippen LogP contribution in [0, 0.1) is 11.8 Å². The lowest BCUT2D eigenvalue weighted by Gasteiger charge is -2.24. The van der Waals surface area contributed by atoms with E-state index in [9.17, 15) is 4.79 Å². The fraction of sp³-hybridized carbons (Fsp3) is 0.917. The fourth-order valence-electron chi connectivity index (χ4n) is 1.91. The normalized spacial score (nSPS) is 15.1. The van der Waals surface area contributed by atoms with Crippen molar-refractivity contribution >= 4 is 5.91 Å². The van der Waals surface area contributed by atoms with E-state index < -0.39 is 0 Å². The molecule has 3 heteroatoms. The SMILES string of the molecule is CCC(CN)C(=O)NC(C)C(CC)CC. The largest absolute Gasteiger partial charge is 0.353 e. The van der Waals surface area contributed by atoms with Crippen molar-refractivity contribution in [3.8, 4) is 0 Å². The number of rotatable bonds is 7. The van der Waals surface area contributed by atoms with Gasteiger partial charge in [-0.2, -0.15) is 0 Å². The van der Waals surface area contributed by atoms with Crippen LogP contribution < -0.4 is 11.1 Å². The summed E-state index contributed by atoms with van der Waals surface area (Å²) in [7, 11) is 0. The van der Waals surface area contributed by atoms with Crippen LogP contribution in [0.3, 0.4) is 0 Å². The van der Waals surface area contributed by atoms with Crippen molar-refractivity contribution in [3.63, 3.8) is 0 Å². The first kappa shape index (κ1) is 14.4. The van der Waals surface area contributed by atoms with E-state index in [4.69, 9.17) is 5.73 Å². The molecule has 0 aliphatic heterocycles. The number of hydrogen-bond acceptors (Lipinski definition) is 2. The maximum atomic E-state index is 11.8. The van der Waals surface area contributed by atoms with Crippen LogP contribution in [0.25, 0.3) is 0 Å². The number of carbonyl (C=O) groups excluding carboxylic acids is 1. The second-order valence-electron chi connectivity index (χ2n) is 4.21. The molecule has 0 aromatic carbocycles. The standard InChI is InChI=1S/C12H26N2O/c1-5-10(6-2)9(4)14-12(15)11(7-3)8-13/h9-11H,5-8,13H2,1-4H3,(H,14,15). The van der Waals surface area contributed by atoms with Crippen LogP contribution in [-0.4, -0.2) is 18.5 Å². The zero-order valence-electron chi connectivity index (χ0n) is 10.5. The van der Waals surface area contributed by atoms with Crippen molar-refractivity contribution in [1.29, 1.82) is 0 Å². The molecule has 0 aromatic heterocycles. The number of hydrogen-bond donors (Lipinski definition) is 2. The number of amides is 1. The van der Waals surface area contributed by atoms with Gasteiger partial charge in [0, 0.05) is 18.5 Å². The topological polar surface area (TPSA) is 55.1 Å². The molecule has 0 rings (SSSR count). The second kappa shape index (κ2) is 7.69. The maximum absolute atomic E-state index is 11.8. The van der Waals surface area contributed by atoms with Gasteiger partial charge >= 0.3 is 0 Å². The number of nitrogens with two attached hydrogens (primary N) is 1. The van der Waals surface area contributed by atoms with Crippen molar-refractivity contribution < 1.29 is 4.79 Å². The summed E-state index contributed by atoms with van der Waals surface area (Å²) in [5.41, 5.74) is 5.54. The molecule has 0 fully saturated rings. The molecular formula is C12H26N2O. The Morgan fingerprint density at radius 1 is 1.20 bits per heavy atom. The van der Waals surface area contributed by atoms with Gasteiger partial charge in [-0.05, 0) is 19.3 Å². The van der Waals surface area contributed by atoms with Crippen LogP contribution in [0.4, 0.5) is 0 Å². The predicted molar refractivity (Wildman–Crippen MR) is 64.5 cm³/mol. The fourth-order valence-corrected chi connectivity index (χ4v) is 1.91. The highest BCUT2D eigenvalue weighted by Gasteiger charge is 2.20. The average molecular weight is 214 g/mol. The molecular weight excluding hydrogens is 188 g/mol. The molecule has 0 bridgehead atoms. The van der Waals surface area contributed by atoms with Gasteiger partial charge in [-0.15, -0.1) is 0 Å². The van der Waals surface area contributed by atoms with E-state index in [1.165, 1.54) is 0 Å². The first-order chi connectivity index (χ1) is 7.10. The lowest BCUT2D eigenvalue weighted by molar-refractivity contribution is -0.125. The molecule has 0 heterocycles. The van der Waals surface area contributed by atoms with Gasteiger partial charge in [0.15, 0.2) is 0 Å². The monoisotopic (exact) mass is 214 g/mol. The van der Waals surface area contributed by atoms with Crippen molar-refractivity contribution in [3.05, 3.63) is 0 Å². The van der Waals surface area contributed by atoms with Gasteiger partial charge in [0.2, 0.25) is 5.91 Å². The van der Waals surface area contributed by atoms with E-state index in [2.05, 4.69) is 26.1 Å². The van der Waals surface area contributed by atoms with E-state index in [0.717, 1.165) is 19.3 Å². The molecule has 0 saturated heterocycles. The van der Waals surface area contributed by atoms with Crippen molar-refractivity contribution in [2.24, 2.45) is 17.6 Å². The Hall–Kier alpha value is -0.570. The minimum absolute atomic E-state index is 0.0261. The summed E-state index contributed by atoms with van der Waals surface area (Å²) in [6.45, 7) is 8.85. The Kier molecular flexibility index (Phi) is 7.39. The molecule has 0 radical (unpaired) electrons. The Labute approximate surface area is 93.8 Å². The molecule has 3 N–H and O–H groups in total. The predicted octanol–water partition coefficient (Wildman–Crippen LogP) is 1.91. The molecule has 0 aromatic rings. The third kappa shape index (κ3) is 4.65. The van der Waals surface area contributed by atoms with Gasteiger partial charge in [0.05, 0.1) is 0 Å². The Morgan fingerprint density at radius 3 is 2.07 bits per heavy atom. The van der Waals surface area contributed by atoms with Gasteiger partial charge < -0.3 is 11.1 Å². The zero-order chi connectivity index (χ0) is 11.8. The highest BCUT2D eigenvalue weighted by Crippen LogP contribution is 2.13. The number of carbonyl (C=O) groups is 1. The molecule has 0 aliphatic rings. The Bertz CT molecular complexity index is 174. The highest BCUT2D eigenvalue weighted by atomic mass is 16.1. The summed E-state index contributed by atoms with van der Waals surface area (Å²) in [6, 6.07) is 0.257. The molecule has 90 valence electrons. The summed E-state index contributed by atoms with van der Waals surface area (Å²) < 4.78 is 0. The Balaban J connectivity index is 4.15. The average Bonchev–Trinajstić information content (AvgIpc) is 2.21. The van der Waals surface area contributed by atoms with Crippen molar-refractivity contribution in [1.82, 2.24) is 5.32 Å². The van der Waals surface area contributed by atoms with Crippen LogP contribution in [0.2, 0.25) is 0 Å². The summed E-state index contributed by atoms with van der Waals surface area (Å²) in [5.74, 6) is 0.658. The lowest BCUT2D eigenvalue weighted by atomic mass is 9.94. The van der Waals surface area contributed by atoms with Crippen LogP contribution in [0.5, 0.6) is 0 Å². The molecule has 0 saturated carbocycles. The molecule has 15 heavy (non-hydrogen) atoms. The van der Waals surface area contributed by atoms with E-state index in [-0.39, 0.29) is 17.9 Å². The molecule has 2 atom stereocenters. The van der Waals surface area contributed by atoms with Crippen LogP contribution in [0.1, 0.15) is 47.0 Å². The van der Waals surface area contributed by atoms with E-state index in [0.29, 0.717) is 12.5 Å². The van der Waals surface area contributed by atoms with Gasteiger partial charge in [0.1, 0.15) is 0 Å². The van der Waals surface area contributed by atoms with Gasteiger partial charge in [-0.25, -0.2) is 0 Å². The molecule has 0 aliphatic carbocycles. The second-order valence-corrected chi connectivity index (χ2v) is 4.21. The molecule has 2 unspecified atom stereocenters. The lowest BCUT2D eigenvalue weighted by Crippen LogP contribution is -2.42. The summed E-state index contributed by atoms with van der Waals surface area (Å²) >= 11 is 0. The third-order valence-electron chi connectivity index (χ3n) is 3.27. The highest BCUT2D eigenvalue weighted by molar-refractivity contribution is 5.79. The summed E-state index contributed by atoms with van der Waals surface area (Å²) in [6.07, 6.45) is 3.03. The minimum atomic E-state index is -0.0261. The first-order valence-corrected chi connectivity index (χ1v) is 6.10. The quantitative estimate of drug-likeness (QED) is 0.680. The van der Waals surface area contributed by atoms with E-state index >= 15 is 0 Å². The summed E-state index contributed by atoms with van der Waals surface area (Å²) in [4.78, 5) is 11.8. The van der Waals surface area contributed by atoms with Crippen molar-refractivity contribution in [2.75, 3.05) is 6.54 Å². The zero-order valence-corrected chi connectivity index (χ0v) is 10.5. The smallest absolute Gasteiger partial charge is 0.224 e. The first-order valence-electron chi connectivity index (χ1n) is 6.10. The number of nitrogens with one attached hydrogen (secondary N) is 1. The van der Waals surface area contributed by atoms with Gasteiger partial charge in [0.25, 0.3) is 0 Å². The van der Waals surface area contributed by atoms with Gasteiger partial charge in [-0.1, -0.05) is 33.6 Å². The Morgan fingerprint density at radius 2 is 1.73 bits per heavy atom. The molecule has 0 spiro atoms. The summed E-state index contributed by atoms with van der Waals surface area (Å²) in [5, 5.41) is 3.06. The molecule has 3 nitrogen and oxygen atoms in total. The maximum Gasteiger partial charge on any atom is 0.224 e. The third-order valence-corrected chi connectivity index (χ3v) is 3.27. The van der Waals surface area contributed by atoms with Crippen LogP contribution >= 0.6 is 0 Å². The van der Waals surface area contributed by atoms with Crippen LogP contribution in [0.15, 0.2) is 0 Å². The van der Waals surface area contributed by atoms with Crippen molar-refractivity contribution in [2.45, 2.75) is 53.0 Å². The molecule has 1 amide bonds. The van der Waals surface area contributed by atoms with Crippen LogP contribution in [-0.2, 0) is 4.79 Å².